The average molecular weight is 269 g/mol. The zero-order valence-corrected chi connectivity index (χ0v) is 11.2. The first-order valence-corrected chi connectivity index (χ1v) is 6.38. The van der Waals surface area contributed by atoms with Gasteiger partial charge in [-0.15, -0.1) is 10.2 Å². The molecule has 0 radical (unpaired) electrons. The van der Waals surface area contributed by atoms with Gasteiger partial charge in [0.1, 0.15) is 12.1 Å². The van der Waals surface area contributed by atoms with Crippen molar-refractivity contribution in [2.45, 2.75) is 6.42 Å². The fourth-order valence-electron chi connectivity index (χ4n) is 2.04. The van der Waals surface area contributed by atoms with Crippen molar-refractivity contribution in [3.05, 3.63) is 48.5 Å². The van der Waals surface area contributed by atoms with E-state index in [1.165, 1.54) is 5.56 Å². The first-order chi connectivity index (χ1) is 9.86. The number of fused-ring (bicyclic) bond motifs is 1. The molecular formula is C14H15N5O. The second kappa shape index (κ2) is 5.56. The van der Waals surface area contributed by atoms with E-state index in [1.54, 1.807) is 19.6 Å². The Labute approximate surface area is 116 Å². The quantitative estimate of drug-likeness (QED) is 0.765. The molecule has 20 heavy (non-hydrogen) atoms. The van der Waals surface area contributed by atoms with Gasteiger partial charge in [0.2, 0.25) is 5.65 Å². The molecule has 6 nitrogen and oxygen atoms in total. The highest BCUT2D eigenvalue weighted by molar-refractivity contribution is 5.61. The van der Waals surface area contributed by atoms with Crippen LogP contribution in [0.3, 0.4) is 0 Å². The van der Waals surface area contributed by atoms with E-state index in [1.807, 2.05) is 28.8 Å². The molecule has 0 aliphatic heterocycles. The zero-order valence-electron chi connectivity index (χ0n) is 11.2. The Bertz CT molecular complexity index is 709. The van der Waals surface area contributed by atoms with Gasteiger partial charge in [0.25, 0.3) is 0 Å². The van der Waals surface area contributed by atoms with Gasteiger partial charge in [-0.1, -0.05) is 12.1 Å². The molecule has 0 saturated carbocycles. The van der Waals surface area contributed by atoms with Gasteiger partial charge < -0.3 is 10.1 Å². The van der Waals surface area contributed by atoms with E-state index >= 15 is 0 Å². The number of nitrogens with zero attached hydrogens (tertiary/aromatic N) is 4. The largest absolute Gasteiger partial charge is 0.497 e. The fourth-order valence-corrected chi connectivity index (χ4v) is 2.04. The first kappa shape index (κ1) is 12.4. The van der Waals surface area contributed by atoms with Crippen molar-refractivity contribution in [2.24, 2.45) is 0 Å². The van der Waals surface area contributed by atoms with Crippen LogP contribution in [0, 0.1) is 0 Å². The highest BCUT2D eigenvalue weighted by Crippen LogP contribution is 2.14. The molecule has 0 amide bonds. The van der Waals surface area contributed by atoms with Gasteiger partial charge >= 0.3 is 0 Å². The van der Waals surface area contributed by atoms with Gasteiger partial charge in [-0.3, -0.25) is 4.40 Å². The molecule has 0 aliphatic rings. The van der Waals surface area contributed by atoms with E-state index in [0.717, 1.165) is 30.2 Å². The minimum Gasteiger partial charge on any atom is -0.497 e. The molecule has 0 fully saturated rings. The van der Waals surface area contributed by atoms with Crippen LogP contribution in [0.4, 0.5) is 5.82 Å². The molecule has 1 N–H and O–H groups in total. The second-order valence-electron chi connectivity index (χ2n) is 4.37. The average Bonchev–Trinajstić information content (AvgIpc) is 2.97. The summed E-state index contributed by atoms with van der Waals surface area (Å²) in [5, 5.41) is 11.2. The second-order valence-corrected chi connectivity index (χ2v) is 4.37. The molecule has 6 heteroatoms. The molecule has 102 valence electrons. The van der Waals surface area contributed by atoms with Crippen molar-refractivity contribution in [1.82, 2.24) is 19.6 Å². The summed E-state index contributed by atoms with van der Waals surface area (Å²) < 4.78 is 7.05. The number of nitrogens with one attached hydrogen (secondary N) is 1. The summed E-state index contributed by atoms with van der Waals surface area (Å²) >= 11 is 0. The third kappa shape index (κ3) is 2.54. The lowest BCUT2D eigenvalue weighted by atomic mass is 10.1. The molecular weight excluding hydrogens is 254 g/mol. The Balaban J connectivity index is 1.66. The van der Waals surface area contributed by atoms with Crippen molar-refractivity contribution >= 4 is 11.5 Å². The minimum atomic E-state index is 0.734. The number of hydrogen-bond acceptors (Lipinski definition) is 5. The first-order valence-electron chi connectivity index (χ1n) is 6.38. The summed E-state index contributed by atoms with van der Waals surface area (Å²) in [7, 11) is 1.67. The van der Waals surface area contributed by atoms with Crippen molar-refractivity contribution in [2.75, 3.05) is 19.0 Å². The van der Waals surface area contributed by atoms with Gasteiger partial charge in [0.15, 0.2) is 5.82 Å². The summed E-state index contributed by atoms with van der Waals surface area (Å²) in [6, 6.07) is 8.04. The number of benzene rings is 1. The van der Waals surface area contributed by atoms with E-state index in [4.69, 9.17) is 4.74 Å². The van der Waals surface area contributed by atoms with Crippen LogP contribution in [0.2, 0.25) is 0 Å². The smallest absolute Gasteiger partial charge is 0.203 e. The maximum Gasteiger partial charge on any atom is 0.203 e. The third-order valence-electron chi connectivity index (χ3n) is 3.06. The van der Waals surface area contributed by atoms with Crippen LogP contribution in [-0.2, 0) is 6.42 Å². The normalized spacial score (nSPS) is 10.7. The summed E-state index contributed by atoms with van der Waals surface area (Å²) in [5.41, 5.74) is 1.95. The molecule has 0 unspecified atom stereocenters. The van der Waals surface area contributed by atoms with Crippen molar-refractivity contribution < 1.29 is 4.74 Å². The van der Waals surface area contributed by atoms with E-state index in [0.29, 0.717) is 0 Å². The van der Waals surface area contributed by atoms with Gasteiger partial charge in [-0.2, -0.15) is 0 Å². The van der Waals surface area contributed by atoms with Crippen LogP contribution in [0.15, 0.2) is 43.0 Å². The number of anilines is 1. The lowest BCUT2D eigenvalue weighted by Crippen LogP contribution is -2.07. The molecule has 0 aliphatic carbocycles. The topological polar surface area (TPSA) is 64.3 Å². The van der Waals surface area contributed by atoms with Gasteiger partial charge in [-0.05, 0) is 24.1 Å². The minimum absolute atomic E-state index is 0.734. The van der Waals surface area contributed by atoms with Crippen LogP contribution in [-0.4, -0.2) is 33.2 Å². The van der Waals surface area contributed by atoms with Gasteiger partial charge in [0, 0.05) is 18.9 Å². The Morgan fingerprint density at radius 2 is 2.30 bits per heavy atom. The Morgan fingerprint density at radius 1 is 1.35 bits per heavy atom. The Kier molecular flexibility index (Phi) is 3.45. The van der Waals surface area contributed by atoms with Crippen LogP contribution in [0.5, 0.6) is 5.75 Å². The predicted molar refractivity (Wildman–Crippen MR) is 76.0 cm³/mol. The van der Waals surface area contributed by atoms with E-state index in [9.17, 15) is 0 Å². The molecule has 3 aromatic rings. The number of ether oxygens (including phenoxy) is 1. The van der Waals surface area contributed by atoms with Crippen molar-refractivity contribution in [1.29, 1.82) is 0 Å². The predicted octanol–water partition coefficient (Wildman–Crippen LogP) is 1.79. The third-order valence-corrected chi connectivity index (χ3v) is 3.06. The SMILES string of the molecule is COc1cccc(CCNc2nccn3cnnc23)c1. The molecule has 0 atom stereocenters. The number of rotatable bonds is 5. The zero-order chi connectivity index (χ0) is 13.8. The summed E-state index contributed by atoms with van der Waals surface area (Å²) in [5.74, 6) is 1.62. The number of hydrogen-bond donors (Lipinski definition) is 1. The molecule has 2 heterocycles. The standard InChI is InChI=1S/C14H15N5O/c1-20-12-4-2-3-11(9-12)5-6-15-13-14-18-17-10-19(14)8-7-16-13/h2-4,7-10H,5-6H2,1H3,(H,15,16). The van der Waals surface area contributed by atoms with Gasteiger partial charge in [0.05, 0.1) is 7.11 Å². The molecule has 0 saturated heterocycles. The van der Waals surface area contributed by atoms with Gasteiger partial charge in [-0.25, -0.2) is 4.98 Å². The molecule has 0 spiro atoms. The molecule has 3 rings (SSSR count). The maximum absolute atomic E-state index is 5.21. The van der Waals surface area contributed by atoms with Crippen molar-refractivity contribution in [3.8, 4) is 5.75 Å². The lowest BCUT2D eigenvalue weighted by Gasteiger charge is -2.07. The highest BCUT2D eigenvalue weighted by Gasteiger charge is 2.04. The van der Waals surface area contributed by atoms with Crippen LogP contribution >= 0.6 is 0 Å². The van der Waals surface area contributed by atoms with Crippen LogP contribution in [0.25, 0.3) is 5.65 Å². The number of aromatic nitrogens is 4. The Morgan fingerprint density at radius 3 is 3.20 bits per heavy atom. The van der Waals surface area contributed by atoms with Crippen LogP contribution < -0.4 is 10.1 Å². The van der Waals surface area contributed by atoms with E-state index < -0.39 is 0 Å². The Hall–Kier alpha value is -2.63. The molecule has 2 aromatic heterocycles. The maximum atomic E-state index is 5.21. The summed E-state index contributed by atoms with van der Waals surface area (Å²) in [4.78, 5) is 4.28. The highest BCUT2D eigenvalue weighted by atomic mass is 16.5. The van der Waals surface area contributed by atoms with Crippen LogP contribution in [0.1, 0.15) is 5.56 Å². The number of methoxy groups -OCH3 is 1. The summed E-state index contributed by atoms with van der Waals surface area (Å²) in [6.45, 7) is 0.771. The van der Waals surface area contributed by atoms with E-state index in [-0.39, 0.29) is 0 Å². The molecule has 0 bridgehead atoms. The van der Waals surface area contributed by atoms with Crippen molar-refractivity contribution in [3.63, 3.8) is 0 Å². The molecule has 1 aromatic carbocycles. The summed E-state index contributed by atoms with van der Waals surface area (Å²) in [6.07, 6.45) is 6.09. The monoisotopic (exact) mass is 269 g/mol. The van der Waals surface area contributed by atoms with E-state index in [2.05, 4.69) is 26.6 Å². The fraction of sp³-hybridized carbons (Fsp3) is 0.214. The lowest BCUT2D eigenvalue weighted by molar-refractivity contribution is 0.414.